The summed E-state index contributed by atoms with van der Waals surface area (Å²) in [5, 5.41) is 9.54. The Hall–Kier alpha value is -4.21. The van der Waals surface area contributed by atoms with E-state index in [4.69, 9.17) is 9.15 Å². The fraction of sp³-hybridized carbons (Fsp3) is 0.105. The second kappa shape index (κ2) is 8.21. The van der Waals surface area contributed by atoms with Crippen LogP contribution in [0.1, 0.15) is 5.76 Å². The molecule has 0 radical (unpaired) electrons. The van der Waals surface area contributed by atoms with E-state index < -0.39 is 18.5 Å². The zero-order valence-electron chi connectivity index (χ0n) is 15.1. The summed E-state index contributed by atoms with van der Waals surface area (Å²) in [6.45, 7) is -0.227. The van der Waals surface area contributed by atoms with E-state index in [1.165, 1.54) is 12.6 Å². The number of carbonyl (C=O) groups is 2. The Balaban J connectivity index is 1.37. The molecule has 10 heteroatoms. The summed E-state index contributed by atoms with van der Waals surface area (Å²) in [6, 6.07) is 12.2. The number of amides is 3. The topological polar surface area (TPSA) is 124 Å². The van der Waals surface area contributed by atoms with Gasteiger partial charge < -0.3 is 14.5 Å². The normalized spacial score (nSPS) is 10.6. The molecule has 29 heavy (non-hydrogen) atoms. The van der Waals surface area contributed by atoms with Gasteiger partial charge in [-0.05, 0) is 24.3 Å². The van der Waals surface area contributed by atoms with Crippen molar-refractivity contribution in [3.8, 4) is 11.6 Å². The first-order valence-electron chi connectivity index (χ1n) is 8.68. The first kappa shape index (κ1) is 18.2. The summed E-state index contributed by atoms with van der Waals surface area (Å²) in [4.78, 5) is 32.0. The first-order chi connectivity index (χ1) is 14.2. The van der Waals surface area contributed by atoms with E-state index in [9.17, 15) is 9.59 Å². The Kier molecular flexibility index (Phi) is 5.14. The zero-order valence-corrected chi connectivity index (χ0v) is 15.1. The lowest BCUT2D eigenvalue weighted by Gasteiger charge is -2.07. The molecule has 1 aromatic carbocycles. The molecule has 10 nitrogen and oxygen atoms in total. The molecule has 146 valence electrons. The van der Waals surface area contributed by atoms with Crippen LogP contribution in [0.15, 0.2) is 65.7 Å². The number of ether oxygens (including phenoxy) is 1. The van der Waals surface area contributed by atoms with E-state index in [1.54, 1.807) is 23.0 Å². The minimum atomic E-state index is -0.653. The maximum Gasteiger partial charge on any atom is 0.321 e. The fourth-order valence-corrected chi connectivity index (χ4v) is 2.62. The van der Waals surface area contributed by atoms with Gasteiger partial charge in [0.15, 0.2) is 12.3 Å². The molecule has 0 saturated heterocycles. The van der Waals surface area contributed by atoms with E-state index in [0.29, 0.717) is 16.8 Å². The lowest BCUT2D eigenvalue weighted by molar-refractivity contribution is -0.122. The van der Waals surface area contributed by atoms with Gasteiger partial charge in [-0.15, -0.1) is 0 Å². The highest BCUT2D eigenvalue weighted by molar-refractivity contribution is 5.95. The van der Waals surface area contributed by atoms with Crippen molar-refractivity contribution >= 4 is 23.0 Å². The Morgan fingerprint density at radius 1 is 1.10 bits per heavy atom. The van der Waals surface area contributed by atoms with Gasteiger partial charge in [-0.1, -0.05) is 18.2 Å². The summed E-state index contributed by atoms with van der Waals surface area (Å²) in [5.41, 5.74) is 1.37. The number of benzene rings is 1. The van der Waals surface area contributed by atoms with E-state index in [2.05, 4.69) is 25.7 Å². The molecule has 2 N–H and O–H groups in total. The van der Waals surface area contributed by atoms with Crippen LogP contribution in [0.5, 0.6) is 5.88 Å². The highest BCUT2D eigenvalue weighted by atomic mass is 16.5. The van der Waals surface area contributed by atoms with Crippen LogP contribution in [-0.4, -0.2) is 38.3 Å². The van der Waals surface area contributed by atoms with E-state index in [1.807, 2.05) is 30.3 Å². The van der Waals surface area contributed by atoms with Crippen LogP contribution in [0.2, 0.25) is 0 Å². The SMILES string of the molecule is O=C(COc1ncnc2c1cnn2-c1ccccc1)NC(=O)NCc1ccco1. The molecule has 0 bridgehead atoms. The third kappa shape index (κ3) is 4.21. The highest BCUT2D eigenvalue weighted by Crippen LogP contribution is 2.23. The average Bonchev–Trinajstić information content (AvgIpc) is 3.41. The second-order valence-corrected chi connectivity index (χ2v) is 5.91. The first-order valence-corrected chi connectivity index (χ1v) is 8.68. The number of nitrogens with zero attached hydrogens (tertiary/aromatic N) is 4. The molecule has 0 saturated carbocycles. The third-order valence-electron chi connectivity index (χ3n) is 3.93. The van der Waals surface area contributed by atoms with Gasteiger partial charge in [-0.25, -0.2) is 19.4 Å². The number of hydrogen-bond acceptors (Lipinski definition) is 7. The van der Waals surface area contributed by atoms with Crippen LogP contribution < -0.4 is 15.4 Å². The van der Waals surface area contributed by atoms with Gasteiger partial charge in [0, 0.05) is 0 Å². The number of urea groups is 1. The van der Waals surface area contributed by atoms with Crippen LogP contribution in [0.3, 0.4) is 0 Å². The summed E-state index contributed by atoms with van der Waals surface area (Å²) < 4.78 is 12.2. The summed E-state index contributed by atoms with van der Waals surface area (Å²) in [6.07, 6.45) is 4.38. The molecule has 4 aromatic rings. The molecule has 0 unspecified atom stereocenters. The number of fused-ring (bicyclic) bond motifs is 1. The molecule has 3 aromatic heterocycles. The van der Waals surface area contributed by atoms with Crippen molar-refractivity contribution in [2.45, 2.75) is 6.54 Å². The van der Waals surface area contributed by atoms with Gasteiger partial charge in [0.1, 0.15) is 17.5 Å². The molecular weight excluding hydrogens is 376 g/mol. The van der Waals surface area contributed by atoms with Gasteiger partial charge in [-0.3, -0.25) is 10.1 Å². The van der Waals surface area contributed by atoms with Crippen LogP contribution in [0.4, 0.5) is 4.79 Å². The molecule has 0 atom stereocenters. The Morgan fingerprint density at radius 2 is 1.97 bits per heavy atom. The molecule has 4 rings (SSSR count). The number of rotatable bonds is 6. The smallest absolute Gasteiger partial charge is 0.321 e. The number of furan rings is 1. The van der Waals surface area contributed by atoms with E-state index >= 15 is 0 Å². The number of hydrogen-bond donors (Lipinski definition) is 2. The van der Waals surface area contributed by atoms with Crippen molar-refractivity contribution in [3.05, 3.63) is 67.0 Å². The van der Waals surface area contributed by atoms with Gasteiger partial charge in [0.25, 0.3) is 5.91 Å². The molecular formula is C19H16N6O4. The molecule has 0 aliphatic rings. The lowest BCUT2D eigenvalue weighted by Crippen LogP contribution is -2.41. The van der Waals surface area contributed by atoms with Crippen molar-refractivity contribution in [1.29, 1.82) is 0 Å². The predicted molar refractivity (Wildman–Crippen MR) is 101 cm³/mol. The highest BCUT2D eigenvalue weighted by Gasteiger charge is 2.14. The Morgan fingerprint density at radius 3 is 2.76 bits per heavy atom. The summed E-state index contributed by atoms with van der Waals surface area (Å²) in [7, 11) is 0. The number of imide groups is 1. The minimum absolute atomic E-state index is 0.165. The van der Waals surface area contributed by atoms with Crippen LogP contribution in [-0.2, 0) is 11.3 Å². The number of para-hydroxylation sites is 1. The third-order valence-corrected chi connectivity index (χ3v) is 3.93. The van der Waals surface area contributed by atoms with Crippen LogP contribution in [0.25, 0.3) is 16.7 Å². The molecule has 0 fully saturated rings. The lowest BCUT2D eigenvalue weighted by atomic mass is 10.3. The monoisotopic (exact) mass is 392 g/mol. The number of carbonyl (C=O) groups excluding carboxylic acids is 2. The van der Waals surface area contributed by atoms with Crippen molar-refractivity contribution in [2.24, 2.45) is 0 Å². The van der Waals surface area contributed by atoms with Crippen molar-refractivity contribution in [1.82, 2.24) is 30.4 Å². The predicted octanol–water partition coefficient (Wildman–Crippen LogP) is 1.81. The molecule has 0 spiro atoms. The molecule has 3 amide bonds. The minimum Gasteiger partial charge on any atom is -0.467 e. The van der Waals surface area contributed by atoms with E-state index in [0.717, 1.165) is 5.69 Å². The average molecular weight is 392 g/mol. The van der Waals surface area contributed by atoms with Gasteiger partial charge in [0.05, 0.1) is 24.7 Å². The number of aromatic nitrogens is 4. The van der Waals surface area contributed by atoms with Gasteiger partial charge in [-0.2, -0.15) is 5.10 Å². The Bertz CT molecular complexity index is 1120. The number of nitrogens with one attached hydrogen (secondary N) is 2. The van der Waals surface area contributed by atoms with Crippen molar-refractivity contribution in [2.75, 3.05) is 6.61 Å². The maximum absolute atomic E-state index is 12.0. The summed E-state index contributed by atoms with van der Waals surface area (Å²) >= 11 is 0. The van der Waals surface area contributed by atoms with Crippen molar-refractivity contribution in [3.63, 3.8) is 0 Å². The largest absolute Gasteiger partial charge is 0.467 e. The molecule has 3 heterocycles. The molecule has 0 aliphatic carbocycles. The van der Waals surface area contributed by atoms with Crippen molar-refractivity contribution < 1.29 is 18.7 Å². The maximum atomic E-state index is 12.0. The van der Waals surface area contributed by atoms with E-state index in [-0.39, 0.29) is 12.4 Å². The summed E-state index contributed by atoms with van der Waals surface area (Å²) in [5.74, 6) is 0.148. The quantitative estimate of drug-likeness (QED) is 0.513. The molecule has 0 aliphatic heterocycles. The fourth-order valence-electron chi connectivity index (χ4n) is 2.62. The second-order valence-electron chi connectivity index (χ2n) is 5.91. The van der Waals surface area contributed by atoms with Gasteiger partial charge in [0.2, 0.25) is 5.88 Å². The van der Waals surface area contributed by atoms with Gasteiger partial charge >= 0.3 is 6.03 Å². The zero-order chi connectivity index (χ0) is 20.1. The standard InChI is InChI=1S/C19H16N6O4/c26-16(24-19(27)20-9-14-7-4-8-28-14)11-29-18-15-10-23-25(17(15)21-12-22-18)13-5-2-1-3-6-13/h1-8,10,12H,9,11H2,(H2,20,24,26,27). The van der Waals surface area contributed by atoms with Crippen LogP contribution in [0, 0.1) is 0 Å². The van der Waals surface area contributed by atoms with Crippen LogP contribution >= 0.6 is 0 Å². The Labute approximate surface area is 164 Å².